The number of imide groups is 1. The number of fused-ring (bicyclic) bond motifs is 1. The Morgan fingerprint density at radius 3 is 2.25 bits per heavy atom. The smallest absolute Gasteiger partial charge is 0.328 e. The van der Waals surface area contributed by atoms with Gasteiger partial charge in [0.25, 0.3) is 0 Å². The lowest BCUT2D eigenvalue weighted by atomic mass is 9.95. The Morgan fingerprint density at radius 1 is 0.844 bits per heavy atom. The Bertz CT molecular complexity index is 2690. The van der Waals surface area contributed by atoms with Gasteiger partial charge in [-0.25, -0.2) is 14.8 Å². The van der Waals surface area contributed by atoms with Gasteiger partial charge < -0.3 is 24.6 Å². The zero-order valence-corrected chi connectivity index (χ0v) is 37.6. The van der Waals surface area contributed by atoms with Crippen LogP contribution in [0.25, 0.3) is 33.5 Å². The minimum absolute atomic E-state index is 0.0454. The molecule has 6 aromatic rings. The average Bonchev–Trinajstić information content (AvgIpc) is 3.97. The third-order valence-electron chi connectivity index (χ3n) is 13.0. The number of aryl methyl sites for hydroxylation is 2. The van der Waals surface area contributed by atoms with Crippen molar-refractivity contribution in [2.24, 2.45) is 5.92 Å². The van der Waals surface area contributed by atoms with Gasteiger partial charge in [0, 0.05) is 97.9 Å². The van der Waals surface area contributed by atoms with Gasteiger partial charge in [0.05, 0.1) is 11.7 Å². The van der Waals surface area contributed by atoms with Gasteiger partial charge in [0.15, 0.2) is 5.82 Å². The minimum atomic E-state index is -0.406. The number of amides is 4. The zero-order valence-electron chi connectivity index (χ0n) is 37.6. The highest BCUT2D eigenvalue weighted by atomic mass is 16.5. The van der Waals surface area contributed by atoms with Crippen molar-refractivity contribution in [3.05, 3.63) is 101 Å². The Morgan fingerprint density at radius 2 is 1.56 bits per heavy atom. The fourth-order valence-electron chi connectivity index (χ4n) is 9.30. The van der Waals surface area contributed by atoms with Crippen LogP contribution in [0.2, 0.25) is 0 Å². The summed E-state index contributed by atoms with van der Waals surface area (Å²) in [4.78, 5) is 63.3. The van der Waals surface area contributed by atoms with Crippen LogP contribution < -0.4 is 25.3 Å². The first kappa shape index (κ1) is 42.7. The number of nitrogens with one attached hydrogen (secondary N) is 3. The van der Waals surface area contributed by atoms with Gasteiger partial charge in [0.1, 0.15) is 12.0 Å². The fraction of sp³-hybridized carbons (Fsp3) is 0.408. The molecule has 3 saturated heterocycles. The lowest BCUT2D eigenvalue weighted by Crippen LogP contribution is -2.49. The van der Waals surface area contributed by atoms with Crippen molar-refractivity contribution >= 4 is 45.9 Å². The number of hydrogen-bond acceptors (Lipinski definition) is 11. The number of H-pyrrole nitrogens is 1. The molecular formula is C49H57N11O4. The van der Waals surface area contributed by atoms with E-state index in [-0.39, 0.29) is 29.3 Å². The third-order valence-corrected chi connectivity index (χ3v) is 13.0. The summed E-state index contributed by atoms with van der Waals surface area (Å²) in [7, 11) is 0. The van der Waals surface area contributed by atoms with Crippen LogP contribution in [0, 0.1) is 19.8 Å². The molecule has 0 aliphatic carbocycles. The summed E-state index contributed by atoms with van der Waals surface area (Å²) in [5.74, 6) is 0.500. The number of piperidine rings is 1. The largest absolute Gasteiger partial charge is 0.372 e. The maximum absolute atomic E-state index is 13.0. The molecule has 332 valence electrons. The van der Waals surface area contributed by atoms with E-state index in [2.05, 4.69) is 94.0 Å². The second kappa shape index (κ2) is 17.5. The van der Waals surface area contributed by atoms with Gasteiger partial charge >= 0.3 is 17.8 Å². The summed E-state index contributed by atoms with van der Waals surface area (Å²) >= 11 is 0. The van der Waals surface area contributed by atoms with Gasteiger partial charge in [0.2, 0.25) is 5.91 Å². The van der Waals surface area contributed by atoms with Gasteiger partial charge in [-0.1, -0.05) is 50.2 Å². The number of urea groups is 1. The summed E-state index contributed by atoms with van der Waals surface area (Å²) in [5.41, 5.74) is 10.7. The van der Waals surface area contributed by atoms with Crippen LogP contribution in [0.4, 0.5) is 21.9 Å². The van der Waals surface area contributed by atoms with E-state index in [1.54, 1.807) is 11.2 Å². The van der Waals surface area contributed by atoms with Crippen LogP contribution in [-0.2, 0) is 10.2 Å². The predicted octanol–water partition coefficient (Wildman–Crippen LogP) is 7.57. The summed E-state index contributed by atoms with van der Waals surface area (Å²) in [5, 5.41) is 10.4. The zero-order chi connectivity index (χ0) is 44.7. The fourth-order valence-corrected chi connectivity index (χ4v) is 9.30. The number of carbonyl (C=O) groups is 3. The summed E-state index contributed by atoms with van der Waals surface area (Å²) in [6.07, 6.45) is 4.24. The number of piperazine rings is 1. The van der Waals surface area contributed by atoms with E-state index >= 15 is 0 Å². The van der Waals surface area contributed by atoms with Crippen LogP contribution in [0.3, 0.4) is 0 Å². The molecule has 6 heterocycles. The molecule has 1 unspecified atom stereocenters. The van der Waals surface area contributed by atoms with Crippen molar-refractivity contribution in [3.8, 4) is 22.5 Å². The molecule has 3 aliphatic heterocycles. The van der Waals surface area contributed by atoms with Gasteiger partial charge in [-0.3, -0.25) is 24.7 Å². The molecule has 3 N–H and O–H groups in total. The second-order valence-electron chi connectivity index (χ2n) is 18.6. The highest BCUT2D eigenvalue weighted by Crippen LogP contribution is 2.34. The lowest BCUT2D eigenvalue weighted by Gasteiger charge is -2.40. The average molecular weight is 864 g/mol. The van der Waals surface area contributed by atoms with E-state index in [4.69, 9.17) is 9.51 Å². The number of aromatic nitrogens is 5. The number of rotatable bonds is 10. The molecule has 0 radical (unpaired) electrons. The van der Waals surface area contributed by atoms with Crippen molar-refractivity contribution in [1.29, 1.82) is 0 Å². The number of aromatic amines is 1. The maximum Gasteiger partial charge on any atom is 0.328 e. The monoisotopic (exact) mass is 863 g/mol. The molecule has 3 aromatic heterocycles. The van der Waals surface area contributed by atoms with E-state index in [0.717, 1.165) is 115 Å². The molecule has 1 atom stereocenters. The normalized spacial score (nSPS) is 17.2. The molecule has 15 nitrogen and oxygen atoms in total. The van der Waals surface area contributed by atoms with E-state index in [9.17, 15) is 14.4 Å². The van der Waals surface area contributed by atoms with Crippen LogP contribution in [0.15, 0.2) is 77.6 Å². The van der Waals surface area contributed by atoms with Crippen LogP contribution >= 0.6 is 0 Å². The van der Waals surface area contributed by atoms with Crippen LogP contribution in [0.1, 0.15) is 86.2 Å². The van der Waals surface area contributed by atoms with Gasteiger partial charge in [-0.2, -0.15) is 4.98 Å². The first-order valence-corrected chi connectivity index (χ1v) is 22.4. The molecule has 4 amide bonds. The molecule has 9 rings (SSSR count). The number of nitrogens with zero attached hydrogens (tertiary/aromatic N) is 8. The molecule has 0 spiro atoms. The first-order chi connectivity index (χ1) is 30.8. The van der Waals surface area contributed by atoms with E-state index < -0.39 is 5.91 Å². The molecule has 3 fully saturated rings. The Balaban J connectivity index is 0.771. The van der Waals surface area contributed by atoms with Crippen LogP contribution in [-0.4, -0.2) is 100 Å². The van der Waals surface area contributed by atoms with E-state index in [1.165, 1.54) is 11.4 Å². The van der Waals surface area contributed by atoms with Crippen molar-refractivity contribution < 1.29 is 18.9 Å². The second-order valence-corrected chi connectivity index (χ2v) is 18.6. The van der Waals surface area contributed by atoms with Crippen molar-refractivity contribution in [2.45, 2.75) is 72.3 Å². The molecule has 64 heavy (non-hydrogen) atoms. The molecule has 0 bridgehead atoms. The predicted molar refractivity (Wildman–Crippen MR) is 249 cm³/mol. The molecule has 3 aromatic carbocycles. The minimum Gasteiger partial charge on any atom is -0.372 e. The summed E-state index contributed by atoms with van der Waals surface area (Å²) in [6.45, 7) is 19.6. The van der Waals surface area contributed by atoms with Crippen molar-refractivity contribution in [2.75, 3.05) is 67.1 Å². The Hall–Kier alpha value is -6.61. The quantitative estimate of drug-likeness (QED) is 0.124. The number of hydrogen-bond donors (Lipinski definition) is 3. The SMILES string of the molecule is Cc1cc(-c2ncnc3[nH]c(-c4ccc(N5CCN(CC6CCN(c7ccc(N8CCC(=O)NC8=O)c(C)c7)CC6)CC5)cc4)cc23)ccc1C(C)NC(=O)c1nc(C(C)(C)C)no1. The van der Waals surface area contributed by atoms with Crippen LogP contribution in [0.5, 0.6) is 0 Å². The van der Waals surface area contributed by atoms with E-state index in [0.29, 0.717) is 24.7 Å². The third kappa shape index (κ3) is 8.94. The summed E-state index contributed by atoms with van der Waals surface area (Å²) < 4.78 is 5.25. The highest BCUT2D eigenvalue weighted by molar-refractivity contribution is 6.06. The number of carbonyl (C=O) groups excluding carboxylic acids is 3. The van der Waals surface area contributed by atoms with E-state index in [1.807, 2.05) is 59.7 Å². The Labute approximate surface area is 373 Å². The summed E-state index contributed by atoms with van der Waals surface area (Å²) in [6, 6.07) is 22.8. The Kier molecular flexibility index (Phi) is 11.7. The lowest BCUT2D eigenvalue weighted by molar-refractivity contribution is -0.120. The van der Waals surface area contributed by atoms with Crippen molar-refractivity contribution in [1.82, 2.24) is 40.6 Å². The standard InChI is InChI=1S/C49H57N11O4/c1-30-25-35(9-13-38(30)32(3)52-45(62)46-55-47(56-64-46)49(4,5)6)43-39-27-40(53-44(39)51-29-50-43)34-7-10-36(11-8-34)59-23-21-57(22-24-59)28-33-15-18-58(19-16-33)37-12-14-41(31(2)26-37)60-20-17-42(61)54-48(60)63/h7-14,25-27,29,32-33H,15-24,28H2,1-6H3,(H,52,62)(H,50,51,53)(H,54,61,63). The molecule has 3 aliphatic rings. The molecular weight excluding hydrogens is 807 g/mol. The number of benzene rings is 3. The maximum atomic E-state index is 13.0. The van der Waals surface area contributed by atoms with Gasteiger partial charge in [-0.15, -0.1) is 0 Å². The first-order valence-electron chi connectivity index (χ1n) is 22.4. The van der Waals surface area contributed by atoms with Gasteiger partial charge in [-0.05, 0) is 104 Å². The highest BCUT2D eigenvalue weighted by Gasteiger charge is 2.29. The topological polar surface area (TPSA) is 169 Å². The number of anilines is 3. The molecule has 0 saturated carbocycles. The van der Waals surface area contributed by atoms with Crippen molar-refractivity contribution in [3.63, 3.8) is 0 Å². The molecule has 15 heteroatoms.